The van der Waals surface area contributed by atoms with E-state index in [1.165, 1.54) is 44.6 Å². The Labute approximate surface area is 307 Å². The molecule has 0 heterocycles. The number of hydrogen-bond donors (Lipinski definition) is 2. The van der Waals surface area contributed by atoms with Crippen molar-refractivity contribution in [2.45, 2.75) is 142 Å². The van der Waals surface area contributed by atoms with Crippen molar-refractivity contribution >= 4 is 25.5 Å². The van der Waals surface area contributed by atoms with Gasteiger partial charge in [0.15, 0.2) is 11.9 Å². The number of hydrogen-bond acceptors (Lipinski definition) is 7. The fourth-order valence-corrected chi connectivity index (χ4v) is 4.87. The Kier molecular flexibility index (Phi) is 33.2. The zero-order chi connectivity index (χ0) is 37.7. The molecule has 0 aromatic heterocycles. The van der Waals surface area contributed by atoms with Gasteiger partial charge in [-0.1, -0.05) is 119 Å². The number of ketones is 1. The van der Waals surface area contributed by atoms with Gasteiger partial charge in [0.05, 0.1) is 6.61 Å². The Morgan fingerprint density at radius 3 is 1.59 bits per heavy atom. The quantitative estimate of drug-likeness (QED) is 0.0169. The maximum Gasteiger partial charge on any atom is 0.469 e. The number of phosphoric ester groups is 1. The lowest BCUT2D eigenvalue weighted by atomic mass is 10.1. The summed E-state index contributed by atoms with van der Waals surface area (Å²) in [6.07, 6.45) is 43.1. The largest absolute Gasteiger partial charge is 0.469 e. The average molecular weight is 733 g/mol. The lowest BCUT2D eigenvalue weighted by Crippen LogP contribution is -2.29. The van der Waals surface area contributed by atoms with E-state index < -0.39 is 39.1 Å². The van der Waals surface area contributed by atoms with Crippen LogP contribution in [-0.2, 0) is 32.9 Å². The Morgan fingerprint density at radius 1 is 0.569 bits per heavy atom. The van der Waals surface area contributed by atoms with Crippen LogP contribution < -0.4 is 0 Å². The normalized spacial score (nSPS) is 13.3. The van der Waals surface area contributed by atoms with E-state index in [1.807, 2.05) is 12.2 Å². The van der Waals surface area contributed by atoms with E-state index in [-0.39, 0.29) is 31.5 Å². The number of allylic oxidation sites excluding steroid dienone is 14. The molecular weight excluding hydrogens is 667 g/mol. The van der Waals surface area contributed by atoms with Crippen LogP contribution in [0.1, 0.15) is 136 Å². The second kappa shape index (κ2) is 35.3. The molecule has 0 aliphatic rings. The smallest absolute Gasteiger partial charge is 0.462 e. The van der Waals surface area contributed by atoms with Crippen molar-refractivity contribution in [3.63, 3.8) is 0 Å². The van der Waals surface area contributed by atoms with E-state index in [2.05, 4.69) is 79.1 Å². The van der Waals surface area contributed by atoms with Crippen molar-refractivity contribution in [2.75, 3.05) is 13.2 Å². The molecule has 2 N–H and O–H groups in total. The monoisotopic (exact) mass is 732 g/mol. The fraction of sp³-hybridized carbons (Fsp3) is 0.585. The molecule has 0 amide bonds. The van der Waals surface area contributed by atoms with Gasteiger partial charge in [-0.05, 0) is 83.1 Å². The number of unbranched alkanes of at least 4 members (excludes halogenated alkanes) is 8. The average Bonchev–Trinajstić information content (AvgIpc) is 3.09. The number of carbonyl (C=O) groups is 3. The van der Waals surface area contributed by atoms with Gasteiger partial charge in [0.25, 0.3) is 0 Å². The molecular formula is C41H65O9P. The van der Waals surface area contributed by atoms with Crippen LogP contribution >= 0.6 is 7.82 Å². The summed E-state index contributed by atoms with van der Waals surface area (Å²) in [7, 11) is -4.82. The molecule has 0 aromatic carbocycles. The van der Waals surface area contributed by atoms with Crippen molar-refractivity contribution in [3.8, 4) is 0 Å². The van der Waals surface area contributed by atoms with Crippen molar-refractivity contribution in [1.82, 2.24) is 0 Å². The summed E-state index contributed by atoms with van der Waals surface area (Å²) in [5.41, 5.74) is 0. The lowest BCUT2D eigenvalue weighted by molar-refractivity contribution is -0.161. The first-order valence-corrected chi connectivity index (χ1v) is 20.4. The van der Waals surface area contributed by atoms with Gasteiger partial charge < -0.3 is 19.3 Å². The van der Waals surface area contributed by atoms with Crippen LogP contribution in [0.4, 0.5) is 0 Å². The second-order valence-electron chi connectivity index (χ2n) is 12.2. The first-order valence-electron chi connectivity index (χ1n) is 18.8. The van der Waals surface area contributed by atoms with Crippen LogP contribution in [0.25, 0.3) is 0 Å². The molecule has 0 saturated carbocycles. The summed E-state index contributed by atoms with van der Waals surface area (Å²) in [6, 6.07) is 0. The van der Waals surface area contributed by atoms with Crippen LogP contribution in [0, 0.1) is 0 Å². The summed E-state index contributed by atoms with van der Waals surface area (Å²) in [4.78, 5) is 54.7. The highest BCUT2D eigenvalue weighted by Gasteiger charge is 2.22. The van der Waals surface area contributed by atoms with Gasteiger partial charge in [0.1, 0.15) is 6.61 Å². The highest BCUT2D eigenvalue weighted by atomic mass is 31.2. The minimum Gasteiger partial charge on any atom is -0.462 e. The van der Waals surface area contributed by atoms with Gasteiger partial charge in [-0.15, -0.1) is 0 Å². The number of phosphoric acid groups is 1. The molecule has 1 atom stereocenters. The van der Waals surface area contributed by atoms with Gasteiger partial charge in [-0.25, -0.2) is 4.57 Å². The van der Waals surface area contributed by atoms with E-state index in [0.29, 0.717) is 6.42 Å². The zero-order valence-electron chi connectivity index (χ0n) is 31.2. The van der Waals surface area contributed by atoms with Gasteiger partial charge >= 0.3 is 19.8 Å². The maximum absolute atomic E-state index is 12.3. The van der Waals surface area contributed by atoms with Gasteiger partial charge in [0.2, 0.25) is 0 Å². The topological polar surface area (TPSA) is 136 Å². The molecule has 10 heteroatoms. The highest BCUT2D eigenvalue weighted by molar-refractivity contribution is 7.46. The number of ether oxygens (including phenoxy) is 2. The molecule has 0 saturated heterocycles. The van der Waals surface area contributed by atoms with E-state index >= 15 is 0 Å². The third-order valence-corrected chi connectivity index (χ3v) is 7.85. The molecule has 0 fully saturated rings. The number of carbonyl (C=O) groups excluding carboxylic acids is 3. The van der Waals surface area contributed by atoms with E-state index in [9.17, 15) is 18.9 Å². The van der Waals surface area contributed by atoms with Gasteiger partial charge in [-0.2, -0.15) is 0 Å². The summed E-state index contributed by atoms with van der Waals surface area (Å²) in [6.45, 7) is 3.35. The second-order valence-corrected chi connectivity index (χ2v) is 13.5. The van der Waals surface area contributed by atoms with Crippen molar-refractivity contribution < 1.29 is 42.7 Å². The van der Waals surface area contributed by atoms with Crippen LogP contribution in [0.3, 0.4) is 0 Å². The Hall–Kier alpha value is -3.10. The van der Waals surface area contributed by atoms with Gasteiger partial charge in [-0.3, -0.25) is 18.9 Å². The summed E-state index contributed by atoms with van der Waals surface area (Å²) in [5.74, 6) is -1.32. The molecule has 9 nitrogen and oxygen atoms in total. The van der Waals surface area contributed by atoms with E-state index in [4.69, 9.17) is 19.3 Å². The van der Waals surface area contributed by atoms with Crippen LogP contribution in [0.5, 0.6) is 0 Å². The molecule has 0 aliphatic carbocycles. The first kappa shape index (κ1) is 47.9. The number of esters is 2. The molecule has 0 radical (unpaired) electrons. The van der Waals surface area contributed by atoms with Crippen LogP contribution in [-0.4, -0.2) is 46.8 Å². The third-order valence-electron chi connectivity index (χ3n) is 7.36. The minimum absolute atomic E-state index is 0.0350. The Balaban J connectivity index is 4.27. The Bertz CT molecular complexity index is 1160. The van der Waals surface area contributed by atoms with Crippen molar-refractivity contribution in [2.24, 2.45) is 0 Å². The first-order chi connectivity index (χ1) is 24.7. The number of rotatable bonds is 33. The van der Waals surface area contributed by atoms with Crippen LogP contribution in [0.2, 0.25) is 0 Å². The summed E-state index contributed by atoms with van der Waals surface area (Å²) >= 11 is 0. The third kappa shape index (κ3) is 38.0. The molecule has 0 unspecified atom stereocenters. The molecule has 0 rings (SSSR count). The molecule has 51 heavy (non-hydrogen) atoms. The van der Waals surface area contributed by atoms with Crippen molar-refractivity contribution in [3.05, 3.63) is 85.1 Å². The Morgan fingerprint density at radius 2 is 1.06 bits per heavy atom. The zero-order valence-corrected chi connectivity index (χ0v) is 32.1. The molecule has 0 bridgehead atoms. The van der Waals surface area contributed by atoms with E-state index in [0.717, 1.165) is 51.4 Å². The molecule has 0 spiro atoms. The molecule has 0 aliphatic heterocycles. The van der Waals surface area contributed by atoms with E-state index in [1.54, 1.807) is 6.08 Å². The van der Waals surface area contributed by atoms with Crippen molar-refractivity contribution in [1.29, 1.82) is 0 Å². The predicted octanol–water partition coefficient (Wildman–Crippen LogP) is 10.5. The standard InChI is InChI=1S/C41H65O9P/c1-3-5-7-9-11-13-15-17-18-20-22-24-26-28-30-34-41(44)50-39(37-49-51(45,46)47)36-48-40(43)35-31-33-38(42)32-29-27-25-23-21-19-16-14-12-10-8-6-4-2/h11-14,17-19,21-22,24-25,27,29,32,39H,3-10,15-16,20,23,26,28,30-31,33-37H2,1-2H3,(H2,45,46,47)/b13-11-,14-12-,18-17-,21-19-,24-22-,27-25-,32-29+/t39-/m1/s1. The molecule has 0 aromatic rings. The highest BCUT2D eigenvalue weighted by Crippen LogP contribution is 2.35. The lowest BCUT2D eigenvalue weighted by Gasteiger charge is -2.18. The fourth-order valence-electron chi connectivity index (χ4n) is 4.51. The molecule has 288 valence electrons. The summed E-state index contributed by atoms with van der Waals surface area (Å²) < 4.78 is 26.1. The predicted molar refractivity (Wildman–Crippen MR) is 207 cm³/mol. The SMILES string of the molecule is CCCCC/C=C\C/C=C\C/C=C\C=C\C(=O)CCCC(=O)OC[C@H](COP(=O)(O)O)OC(=O)CCCC/C=C\C/C=C\C/C=C\CCCCC. The summed E-state index contributed by atoms with van der Waals surface area (Å²) in [5, 5.41) is 0. The minimum atomic E-state index is -4.82. The maximum atomic E-state index is 12.3. The van der Waals surface area contributed by atoms with Crippen LogP contribution in [0.15, 0.2) is 85.1 Å². The van der Waals surface area contributed by atoms with Gasteiger partial charge in [0, 0.05) is 19.3 Å².